The number of hydrogen-bond acceptors (Lipinski definition) is 4. The average molecular weight is 336 g/mol. The number of aromatic amines is 1. The van der Waals surface area contributed by atoms with Gasteiger partial charge >= 0.3 is 0 Å². The molecule has 0 fully saturated rings. The monoisotopic (exact) mass is 336 g/mol. The highest BCUT2D eigenvalue weighted by Crippen LogP contribution is 2.16. The molecule has 0 saturated carbocycles. The van der Waals surface area contributed by atoms with Crippen molar-refractivity contribution in [2.24, 2.45) is 0 Å². The number of halogens is 2. The summed E-state index contributed by atoms with van der Waals surface area (Å²) in [7, 11) is 0. The van der Waals surface area contributed by atoms with Gasteiger partial charge in [0.2, 0.25) is 0 Å². The molecule has 0 spiro atoms. The van der Waals surface area contributed by atoms with Crippen molar-refractivity contribution >= 4 is 5.91 Å². The van der Waals surface area contributed by atoms with E-state index in [0.717, 1.165) is 29.8 Å². The fraction of sp³-hybridized carbons (Fsp3) is 0.375. The first kappa shape index (κ1) is 16.4. The summed E-state index contributed by atoms with van der Waals surface area (Å²) >= 11 is 0. The Bertz CT molecular complexity index is 718. The lowest BCUT2D eigenvalue weighted by Crippen LogP contribution is -2.28. The van der Waals surface area contributed by atoms with Crippen LogP contribution in [0.5, 0.6) is 5.75 Å². The van der Waals surface area contributed by atoms with Crippen LogP contribution in [0.25, 0.3) is 0 Å². The molecule has 2 aromatic rings. The largest absolute Gasteiger partial charge is 0.488 e. The molecule has 1 aliphatic rings. The van der Waals surface area contributed by atoms with E-state index < -0.39 is 13.0 Å². The van der Waals surface area contributed by atoms with E-state index >= 15 is 0 Å². The topological polar surface area (TPSA) is 79.0 Å². The van der Waals surface area contributed by atoms with E-state index in [2.05, 4.69) is 20.8 Å². The fourth-order valence-corrected chi connectivity index (χ4v) is 2.58. The van der Waals surface area contributed by atoms with Crippen LogP contribution in [0.2, 0.25) is 0 Å². The van der Waals surface area contributed by atoms with Gasteiger partial charge in [-0.1, -0.05) is 12.1 Å². The van der Waals surface area contributed by atoms with Crippen LogP contribution in [0.4, 0.5) is 8.78 Å². The smallest absolute Gasteiger partial charge is 0.272 e. The van der Waals surface area contributed by atoms with Crippen molar-refractivity contribution in [2.75, 3.05) is 13.2 Å². The van der Waals surface area contributed by atoms with Gasteiger partial charge in [0, 0.05) is 37.3 Å². The third-order valence-electron chi connectivity index (χ3n) is 3.75. The van der Waals surface area contributed by atoms with Gasteiger partial charge in [0.05, 0.1) is 0 Å². The Balaban J connectivity index is 1.60. The summed E-state index contributed by atoms with van der Waals surface area (Å²) in [6.45, 7) is 1.09. The molecule has 1 aliphatic heterocycles. The van der Waals surface area contributed by atoms with E-state index in [1.807, 2.05) is 0 Å². The lowest BCUT2D eigenvalue weighted by molar-refractivity contribution is 0.0818. The highest BCUT2D eigenvalue weighted by molar-refractivity contribution is 5.94. The summed E-state index contributed by atoms with van der Waals surface area (Å²) in [6, 6.07) is 6.72. The van der Waals surface area contributed by atoms with Crippen LogP contribution < -0.4 is 15.4 Å². The van der Waals surface area contributed by atoms with Crippen molar-refractivity contribution in [1.82, 2.24) is 20.8 Å². The number of nitrogens with zero attached hydrogens (tertiary/aromatic N) is 1. The standard InChI is InChI=1S/C16H18F2N4O2/c17-14(18)9-24-11-3-1-2-10(6-11)7-20-16(23)15-12-8-19-5-4-13(12)21-22-15/h1-3,6,14,19H,4-5,7-9H2,(H,20,23)(H,21,22). The number of hydrogen-bond donors (Lipinski definition) is 3. The quantitative estimate of drug-likeness (QED) is 0.749. The number of alkyl halides is 2. The van der Waals surface area contributed by atoms with Crippen LogP contribution in [0.15, 0.2) is 24.3 Å². The molecule has 0 atom stereocenters. The first-order valence-corrected chi connectivity index (χ1v) is 7.68. The third-order valence-corrected chi connectivity index (χ3v) is 3.75. The Morgan fingerprint density at radius 3 is 3.12 bits per heavy atom. The Hall–Kier alpha value is -2.48. The normalized spacial score (nSPS) is 13.6. The molecule has 0 aliphatic carbocycles. The third kappa shape index (κ3) is 3.88. The van der Waals surface area contributed by atoms with Gasteiger partial charge in [0.1, 0.15) is 12.4 Å². The van der Waals surface area contributed by atoms with Crippen LogP contribution in [-0.4, -0.2) is 35.7 Å². The van der Waals surface area contributed by atoms with E-state index in [1.165, 1.54) is 0 Å². The Kier molecular flexibility index (Phi) is 5.05. The van der Waals surface area contributed by atoms with E-state index in [9.17, 15) is 13.6 Å². The summed E-state index contributed by atoms with van der Waals surface area (Å²) in [5, 5.41) is 13.0. The van der Waals surface area contributed by atoms with Crippen LogP contribution in [-0.2, 0) is 19.5 Å². The number of H-pyrrole nitrogens is 1. The molecule has 1 aromatic heterocycles. The van der Waals surface area contributed by atoms with Crippen molar-refractivity contribution in [1.29, 1.82) is 0 Å². The second-order valence-electron chi connectivity index (χ2n) is 5.49. The highest BCUT2D eigenvalue weighted by atomic mass is 19.3. The minimum atomic E-state index is -2.52. The number of fused-ring (bicyclic) bond motifs is 1. The zero-order valence-electron chi connectivity index (χ0n) is 12.9. The summed E-state index contributed by atoms with van der Waals surface area (Å²) < 4.78 is 29.3. The maximum Gasteiger partial charge on any atom is 0.272 e. The SMILES string of the molecule is O=C(NCc1cccc(OCC(F)F)c1)c1n[nH]c2c1CNCC2. The minimum absolute atomic E-state index is 0.264. The Morgan fingerprint density at radius 2 is 2.29 bits per heavy atom. The van der Waals surface area contributed by atoms with Crippen LogP contribution in [0.3, 0.4) is 0 Å². The van der Waals surface area contributed by atoms with Gasteiger partial charge in [0.15, 0.2) is 5.69 Å². The number of carbonyl (C=O) groups is 1. The summed E-state index contributed by atoms with van der Waals surface area (Å²) in [6.07, 6.45) is -1.70. The lowest BCUT2D eigenvalue weighted by Gasteiger charge is -2.13. The molecule has 2 heterocycles. The zero-order valence-corrected chi connectivity index (χ0v) is 12.9. The number of rotatable bonds is 6. The second kappa shape index (κ2) is 7.39. The number of benzene rings is 1. The van der Waals surface area contributed by atoms with E-state index in [4.69, 9.17) is 4.74 Å². The molecule has 24 heavy (non-hydrogen) atoms. The lowest BCUT2D eigenvalue weighted by atomic mass is 10.1. The van der Waals surface area contributed by atoms with Gasteiger partial charge in [0.25, 0.3) is 12.3 Å². The van der Waals surface area contributed by atoms with Crippen molar-refractivity contribution in [3.63, 3.8) is 0 Å². The van der Waals surface area contributed by atoms with Gasteiger partial charge < -0.3 is 15.4 Å². The first-order valence-electron chi connectivity index (χ1n) is 7.68. The molecule has 0 saturated heterocycles. The predicted octanol–water partition coefficient (Wildman–Crippen LogP) is 1.63. The number of amides is 1. The van der Waals surface area contributed by atoms with Crippen molar-refractivity contribution in [3.8, 4) is 5.75 Å². The maximum absolute atomic E-state index is 12.3. The van der Waals surface area contributed by atoms with Crippen molar-refractivity contribution < 1.29 is 18.3 Å². The van der Waals surface area contributed by atoms with Crippen LogP contribution >= 0.6 is 0 Å². The molecular formula is C16H18F2N4O2. The molecule has 0 unspecified atom stereocenters. The molecule has 128 valence electrons. The van der Waals surface area contributed by atoms with Gasteiger partial charge in [-0.25, -0.2) is 8.78 Å². The molecule has 8 heteroatoms. The van der Waals surface area contributed by atoms with Gasteiger partial charge in [-0.3, -0.25) is 9.89 Å². The Labute approximate surface area is 137 Å². The van der Waals surface area contributed by atoms with Crippen LogP contribution in [0, 0.1) is 0 Å². The number of aromatic nitrogens is 2. The van der Waals surface area contributed by atoms with Crippen molar-refractivity contribution in [3.05, 3.63) is 46.8 Å². The Morgan fingerprint density at radius 1 is 1.42 bits per heavy atom. The second-order valence-corrected chi connectivity index (χ2v) is 5.49. The first-order chi connectivity index (χ1) is 11.6. The summed E-state index contributed by atoms with van der Waals surface area (Å²) in [5.41, 5.74) is 3.04. The molecular weight excluding hydrogens is 318 g/mol. The zero-order chi connectivity index (χ0) is 16.9. The van der Waals surface area contributed by atoms with Crippen LogP contribution in [0.1, 0.15) is 27.3 Å². The molecule has 3 rings (SSSR count). The average Bonchev–Trinajstić information content (AvgIpc) is 3.02. The fourth-order valence-electron chi connectivity index (χ4n) is 2.58. The minimum Gasteiger partial charge on any atom is -0.488 e. The van der Waals surface area contributed by atoms with Gasteiger partial charge in [-0.05, 0) is 17.7 Å². The summed E-state index contributed by atoms with van der Waals surface area (Å²) in [4.78, 5) is 12.3. The molecule has 6 nitrogen and oxygen atoms in total. The summed E-state index contributed by atoms with van der Waals surface area (Å²) in [5.74, 6) is 0.0819. The van der Waals surface area contributed by atoms with E-state index in [1.54, 1.807) is 24.3 Å². The van der Waals surface area contributed by atoms with Gasteiger partial charge in [-0.2, -0.15) is 5.10 Å². The van der Waals surface area contributed by atoms with E-state index in [-0.39, 0.29) is 12.5 Å². The predicted molar refractivity (Wildman–Crippen MR) is 83.1 cm³/mol. The highest BCUT2D eigenvalue weighted by Gasteiger charge is 2.21. The number of carbonyl (C=O) groups excluding carboxylic acids is 1. The number of nitrogens with one attached hydrogen (secondary N) is 3. The maximum atomic E-state index is 12.3. The molecule has 1 aromatic carbocycles. The number of ether oxygens (including phenoxy) is 1. The van der Waals surface area contributed by atoms with Crippen molar-refractivity contribution in [2.45, 2.75) is 25.9 Å². The molecule has 0 radical (unpaired) electrons. The molecule has 0 bridgehead atoms. The van der Waals surface area contributed by atoms with E-state index in [0.29, 0.717) is 18.0 Å². The van der Waals surface area contributed by atoms with Gasteiger partial charge in [-0.15, -0.1) is 0 Å². The molecule has 3 N–H and O–H groups in total. The molecule has 1 amide bonds.